The fraction of sp³-hybridized carbons (Fsp3) is 0.429. The molecule has 15 heteroatoms. The van der Waals surface area contributed by atoms with Gasteiger partial charge in [-0.2, -0.15) is 18.2 Å². The van der Waals surface area contributed by atoms with Crippen molar-refractivity contribution in [3.63, 3.8) is 0 Å². The van der Waals surface area contributed by atoms with E-state index in [1.54, 1.807) is 0 Å². The fourth-order valence-electron chi connectivity index (χ4n) is 4.18. The van der Waals surface area contributed by atoms with Gasteiger partial charge in [-0.05, 0) is 31.1 Å². The molecule has 1 aliphatic heterocycles. The highest BCUT2D eigenvalue weighted by molar-refractivity contribution is 5.89. The van der Waals surface area contributed by atoms with Gasteiger partial charge in [0, 0.05) is 10.7 Å². The van der Waals surface area contributed by atoms with E-state index in [-0.39, 0.29) is 52.5 Å². The van der Waals surface area contributed by atoms with E-state index in [2.05, 4.69) is 25.7 Å². The predicted molar refractivity (Wildman–Crippen MR) is 117 cm³/mol. The third-order valence-corrected chi connectivity index (χ3v) is 5.78. The van der Waals surface area contributed by atoms with Crippen molar-refractivity contribution in [1.29, 1.82) is 0 Å². The molecule has 0 aliphatic carbocycles. The lowest BCUT2D eigenvalue weighted by atomic mass is 10.0. The van der Waals surface area contributed by atoms with Gasteiger partial charge < -0.3 is 15.0 Å². The number of aromatic nitrogens is 6. The van der Waals surface area contributed by atoms with Crippen LogP contribution in [0.15, 0.2) is 24.4 Å². The number of halogens is 6. The summed E-state index contributed by atoms with van der Waals surface area (Å²) in [5.74, 6) is -4.80. The monoisotopic (exact) mass is 517 g/mol. The average Bonchev–Trinajstić information content (AvgIpc) is 3.37. The van der Waals surface area contributed by atoms with Gasteiger partial charge in [0.15, 0.2) is 5.82 Å². The lowest BCUT2D eigenvalue weighted by Crippen LogP contribution is -2.53. The molecular weight excluding hydrogens is 494 g/mol. The van der Waals surface area contributed by atoms with Crippen LogP contribution in [-0.4, -0.2) is 79.8 Å². The van der Waals surface area contributed by atoms with Crippen molar-refractivity contribution < 1.29 is 35.2 Å². The van der Waals surface area contributed by atoms with Crippen molar-refractivity contribution in [2.75, 3.05) is 32.5 Å². The van der Waals surface area contributed by atoms with Crippen LogP contribution in [0.25, 0.3) is 27.7 Å². The molecule has 0 saturated carbocycles. The molecule has 4 heterocycles. The van der Waals surface area contributed by atoms with E-state index in [1.165, 1.54) is 25.3 Å². The van der Waals surface area contributed by atoms with Crippen LogP contribution in [0.2, 0.25) is 0 Å². The summed E-state index contributed by atoms with van der Waals surface area (Å²) < 4.78 is 113. The third kappa shape index (κ3) is 4.38. The zero-order valence-electron chi connectivity index (χ0n) is 21.5. The van der Waals surface area contributed by atoms with Crippen molar-refractivity contribution in [2.45, 2.75) is 31.1 Å². The first-order chi connectivity index (χ1) is 18.2. The van der Waals surface area contributed by atoms with Gasteiger partial charge in [0.1, 0.15) is 17.6 Å². The molecule has 1 aliphatic rings. The molecule has 9 nitrogen and oxygen atoms in total. The summed E-state index contributed by atoms with van der Waals surface area (Å²) in [5.41, 5.74) is 0.217. The molecule has 0 radical (unpaired) electrons. The number of anilines is 1. The molecule has 1 fully saturated rings. The maximum atomic E-state index is 15.2. The van der Waals surface area contributed by atoms with E-state index in [0.29, 0.717) is 9.58 Å². The number of hydrogen-bond donors (Lipinski definition) is 1. The van der Waals surface area contributed by atoms with Gasteiger partial charge in [-0.3, -0.25) is 0 Å². The Morgan fingerprint density at radius 1 is 1.31 bits per heavy atom. The normalized spacial score (nSPS) is 20.3. The van der Waals surface area contributed by atoms with Crippen LogP contribution >= 0.6 is 0 Å². The van der Waals surface area contributed by atoms with Crippen LogP contribution in [0.1, 0.15) is 10.5 Å². The van der Waals surface area contributed by atoms with Gasteiger partial charge in [0.25, 0.3) is 5.92 Å². The van der Waals surface area contributed by atoms with E-state index >= 15 is 4.39 Å². The number of benzene rings is 1. The lowest BCUT2D eigenvalue weighted by molar-refractivity contribution is -0.142. The first-order valence-corrected chi connectivity index (χ1v) is 10.6. The molecule has 3 aromatic heterocycles. The predicted octanol–water partition coefficient (Wildman–Crippen LogP) is 3.60. The fourth-order valence-corrected chi connectivity index (χ4v) is 4.18. The summed E-state index contributed by atoms with van der Waals surface area (Å²) in [4.78, 5) is 4.80. The summed E-state index contributed by atoms with van der Waals surface area (Å²) in [6.45, 7) is -5.21. The summed E-state index contributed by atoms with van der Waals surface area (Å²) >= 11 is 0. The van der Waals surface area contributed by atoms with Crippen LogP contribution in [0.4, 0.5) is 32.3 Å². The second-order valence-corrected chi connectivity index (χ2v) is 8.32. The zero-order valence-corrected chi connectivity index (χ0v) is 18.5. The highest BCUT2D eigenvalue weighted by atomic mass is 19.4. The van der Waals surface area contributed by atoms with Crippen LogP contribution in [-0.2, 0) is 6.54 Å². The van der Waals surface area contributed by atoms with Crippen molar-refractivity contribution in [2.24, 2.45) is 0 Å². The van der Waals surface area contributed by atoms with Gasteiger partial charge in [0.05, 0.1) is 37.0 Å². The number of nitrogens with zero attached hydrogens (tertiary/aromatic N) is 7. The zero-order chi connectivity index (χ0) is 28.3. The van der Waals surface area contributed by atoms with Crippen LogP contribution in [0.3, 0.4) is 0 Å². The van der Waals surface area contributed by atoms with Crippen molar-refractivity contribution >= 4 is 22.5 Å². The minimum absolute atomic E-state index is 0.00118. The van der Waals surface area contributed by atoms with E-state index in [4.69, 9.17) is 8.85 Å². The van der Waals surface area contributed by atoms with E-state index in [1.807, 2.05) is 0 Å². The Morgan fingerprint density at radius 2 is 2.11 bits per heavy atom. The first kappa shape index (κ1) is 20.6. The summed E-state index contributed by atoms with van der Waals surface area (Å²) in [5, 5.41) is 13.8. The first-order valence-electron chi connectivity index (χ1n) is 12.1. The maximum absolute atomic E-state index is 15.2. The van der Waals surface area contributed by atoms with Crippen LogP contribution < -0.4 is 10.1 Å². The standard InChI is InChI=1S/C21H20F6N8O/c1-33-6-5-15(20(23,24)9-33)28-19-29-18(36-2)17-16(12(22)8-34(17)31-19)11-3-4-13-14(7-11)35(32-30-13)10-21(25,26)27/h3-4,7-8,15H,5-6,9-10H2,1-2H3,(H,28,31)/i1D3. The number of fused-ring (bicyclic) bond motifs is 2. The Kier molecular flexibility index (Phi) is 4.85. The minimum Gasteiger partial charge on any atom is -0.479 e. The molecule has 5 rings (SSSR count). The minimum atomic E-state index is -4.56. The number of alkyl halides is 5. The Hall–Kier alpha value is -3.62. The molecule has 1 aromatic carbocycles. The molecule has 0 spiro atoms. The molecule has 1 N–H and O–H groups in total. The number of nitrogens with one attached hydrogen (secondary N) is 1. The van der Waals surface area contributed by atoms with Crippen LogP contribution in [0.5, 0.6) is 5.88 Å². The van der Waals surface area contributed by atoms with E-state index in [0.717, 1.165) is 10.7 Å². The topological polar surface area (TPSA) is 85.4 Å². The molecule has 0 amide bonds. The molecule has 4 aromatic rings. The second-order valence-electron chi connectivity index (χ2n) is 8.32. The molecule has 1 atom stereocenters. The smallest absolute Gasteiger partial charge is 0.408 e. The summed E-state index contributed by atoms with van der Waals surface area (Å²) in [6.07, 6.45) is -3.85. The molecule has 36 heavy (non-hydrogen) atoms. The maximum Gasteiger partial charge on any atom is 0.408 e. The SMILES string of the molecule is [2H]C([2H])([2H])N1CCC(Nc2nc(OC)c3c(-c4ccc5nnn(CC(F)(F)F)c5c4)c(F)cn3n2)C(F)(F)C1. The van der Waals surface area contributed by atoms with Gasteiger partial charge in [-0.25, -0.2) is 22.4 Å². The number of piperidine rings is 1. The molecule has 0 bridgehead atoms. The van der Waals surface area contributed by atoms with Gasteiger partial charge in [0.2, 0.25) is 11.8 Å². The van der Waals surface area contributed by atoms with Crippen molar-refractivity contribution in [1.82, 2.24) is 34.5 Å². The number of ether oxygens (including phenoxy) is 1. The highest BCUT2D eigenvalue weighted by Gasteiger charge is 2.44. The number of methoxy groups -OCH3 is 1. The number of hydrogen-bond acceptors (Lipinski definition) is 7. The summed E-state index contributed by atoms with van der Waals surface area (Å²) in [6, 6.07) is 2.58. The largest absolute Gasteiger partial charge is 0.479 e. The Labute approximate surface area is 203 Å². The molecular formula is C21H20F6N8O. The average molecular weight is 517 g/mol. The van der Waals surface area contributed by atoms with Gasteiger partial charge in [-0.1, -0.05) is 11.3 Å². The Bertz CT molecular complexity index is 1540. The molecule has 192 valence electrons. The Morgan fingerprint density at radius 3 is 2.81 bits per heavy atom. The number of rotatable bonds is 5. The third-order valence-electron chi connectivity index (χ3n) is 5.78. The Balaban J connectivity index is 1.51. The highest BCUT2D eigenvalue weighted by Crippen LogP contribution is 2.36. The molecule has 1 saturated heterocycles. The van der Waals surface area contributed by atoms with Gasteiger partial charge in [-0.15, -0.1) is 10.2 Å². The van der Waals surface area contributed by atoms with Crippen LogP contribution in [0, 0.1) is 5.82 Å². The van der Waals surface area contributed by atoms with Gasteiger partial charge >= 0.3 is 6.18 Å². The summed E-state index contributed by atoms with van der Waals surface area (Å²) in [7, 11) is 1.22. The lowest BCUT2D eigenvalue weighted by Gasteiger charge is -2.36. The van der Waals surface area contributed by atoms with Crippen molar-refractivity contribution in [3.05, 3.63) is 30.2 Å². The van der Waals surface area contributed by atoms with E-state index in [9.17, 15) is 22.0 Å². The second kappa shape index (κ2) is 8.50. The molecule has 1 unspecified atom stereocenters. The van der Waals surface area contributed by atoms with E-state index < -0.39 is 44.0 Å². The number of likely N-dealkylation sites (tertiary alicyclic amines) is 1. The van der Waals surface area contributed by atoms with Crippen molar-refractivity contribution in [3.8, 4) is 17.0 Å². The quantitative estimate of drug-likeness (QED) is 0.405.